The van der Waals surface area contributed by atoms with Gasteiger partial charge in [-0.3, -0.25) is 0 Å². The van der Waals surface area contributed by atoms with E-state index in [0.29, 0.717) is 30.5 Å². The monoisotopic (exact) mass is 386 g/mol. The largest absolute Gasteiger partial charge is 0.368 e. The normalized spacial score (nSPS) is 14.2. The van der Waals surface area contributed by atoms with E-state index < -0.39 is 11.6 Å². The molecule has 0 saturated carbocycles. The first-order valence-corrected chi connectivity index (χ1v) is 8.76. The first-order chi connectivity index (χ1) is 13.6. The average Bonchev–Trinajstić information content (AvgIpc) is 2.72. The van der Waals surface area contributed by atoms with E-state index >= 15 is 0 Å². The second-order valence-electron chi connectivity index (χ2n) is 6.35. The third kappa shape index (κ3) is 3.98. The molecule has 28 heavy (non-hydrogen) atoms. The standard InChI is InChI=1S/C19H17F3N6/c20-13-1-4-15(5-2-13)27-7-9-28(10-8-27)19-25-18(12-23-26-19)24-14-3-6-16(21)17(22)11-14/h1-6,11-12H,7-10H2,(H,24,25,26). The van der Waals surface area contributed by atoms with E-state index in [1.807, 2.05) is 4.90 Å². The van der Waals surface area contributed by atoms with Crippen LogP contribution in [0.3, 0.4) is 0 Å². The van der Waals surface area contributed by atoms with Crippen molar-refractivity contribution in [1.29, 1.82) is 0 Å². The van der Waals surface area contributed by atoms with Crippen molar-refractivity contribution in [2.75, 3.05) is 41.3 Å². The summed E-state index contributed by atoms with van der Waals surface area (Å²) in [6.45, 7) is 2.81. The summed E-state index contributed by atoms with van der Waals surface area (Å²) in [6.07, 6.45) is 1.42. The Kier molecular flexibility index (Phi) is 4.96. The fraction of sp³-hybridized carbons (Fsp3) is 0.211. The van der Waals surface area contributed by atoms with Crippen molar-refractivity contribution in [2.45, 2.75) is 0 Å². The zero-order chi connectivity index (χ0) is 19.5. The number of anilines is 4. The molecule has 1 saturated heterocycles. The number of rotatable bonds is 4. The first-order valence-electron chi connectivity index (χ1n) is 8.76. The Morgan fingerprint density at radius 2 is 1.54 bits per heavy atom. The summed E-state index contributed by atoms with van der Waals surface area (Å²) in [5.74, 6) is -1.27. The third-order valence-corrected chi connectivity index (χ3v) is 4.49. The van der Waals surface area contributed by atoms with Crippen LogP contribution in [0.2, 0.25) is 0 Å². The minimum absolute atomic E-state index is 0.257. The molecule has 0 spiro atoms. The van der Waals surface area contributed by atoms with Crippen LogP contribution in [0.25, 0.3) is 0 Å². The topological polar surface area (TPSA) is 57.2 Å². The van der Waals surface area contributed by atoms with Crippen LogP contribution >= 0.6 is 0 Å². The highest BCUT2D eigenvalue weighted by molar-refractivity contribution is 5.56. The molecular formula is C19H17F3N6. The fourth-order valence-corrected chi connectivity index (χ4v) is 3.03. The molecule has 0 atom stereocenters. The Morgan fingerprint density at radius 1 is 0.821 bits per heavy atom. The first kappa shape index (κ1) is 18.0. The second kappa shape index (κ2) is 7.71. The lowest BCUT2D eigenvalue weighted by Gasteiger charge is -2.35. The molecule has 4 rings (SSSR count). The van der Waals surface area contributed by atoms with E-state index in [4.69, 9.17) is 0 Å². The van der Waals surface area contributed by atoms with Crippen molar-refractivity contribution < 1.29 is 13.2 Å². The fourth-order valence-electron chi connectivity index (χ4n) is 3.03. The summed E-state index contributed by atoms with van der Waals surface area (Å²) in [6, 6.07) is 9.93. The van der Waals surface area contributed by atoms with E-state index in [-0.39, 0.29) is 5.82 Å². The molecule has 1 aromatic heterocycles. The van der Waals surface area contributed by atoms with Crippen LogP contribution in [-0.4, -0.2) is 41.4 Å². The minimum Gasteiger partial charge on any atom is -0.368 e. The van der Waals surface area contributed by atoms with E-state index in [0.717, 1.165) is 30.9 Å². The van der Waals surface area contributed by atoms with Gasteiger partial charge in [-0.15, -0.1) is 5.10 Å². The van der Waals surface area contributed by atoms with Crippen molar-refractivity contribution in [3.63, 3.8) is 0 Å². The minimum atomic E-state index is -0.941. The van der Waals surface area contributed by atoms with Gasteiger partial charge in [0.2, 0.25) is 5.95 Å². The molecule has 144 valence electrons. The van der Waals surface area contributed by atoms with Crippen LogP contribution in [0, 0.1) is 17.5 Å². The Balaban J connectivity index is 1.42. The second-order valence-corrected chi connectivity index (χ2v) is 6.35. The zero-order valence-electron chi connectivity index (χ0n) is 14.8. The maximum Gasteiger partial charge on any atom is 0.247 e. The predicted molar refractivity (Wildman–Crippen MR) is 100 cm³/mol. The quantitative estimate of drug-likeness (QED) is 0.742. The molecular weight excluding hydrogens is 369 g/mol. The molecule has 2 aromatic carbocycles. The molecule has 1 aliphatic heterocycles. The molecule has 1 aliphatic rings. The molecule has 0 radical (unpaired) electrons. The van der Waals surface area contributed by atoms with Gasteiger partial charge in [0.1, 0.15) is 5.82 Å². The van der Waals surface area contributed by atoms with Gasteiger partial charge in [-0.2, -0.15) is 10.1 Å². The van der Waals surface area contributed by atoms with Crippen LogP contribution in [0.4, 0.5) is 36.3 Å². The van der Waals surface area contributed by atoms with Gasteiger partial charge in [0, 0.05) is 43.6 Å². The maximum absolute atomic E-state index is 13.4. The van der Waals surface area contributed by atoms with Gasteiger partial charge in [-0.1, -0.05) is 0 Å². The number of nitrogens with one attached hydrogen (secondary N) is 1. The number of aromatic nitrogens is 3. The molecule has 1 fully saturated rings. The van der Waals surface area contributed by atoms with Crippen LogP contribution in [0.15, 0.2) is 48.7 Å². The molecule has 0 aliphatic carbocycles. The van der Waals surface area contributed by atoms with E-state index in [1.54, 1.807) is 12.1 Å². The lowest BCUT2D eigenvalue weighted by atomic mass is 10.2. The van der Waals surface area contributed by atoms with Crippen molar-refractivity contribution in [2.24, 2.45) is 0 Å². The zero-order valence-corrected chi connectivity index (χ0v) is 14.8. The number of hydrogen-bond acceptors (Lipinski definition) is 6. The van der Waals surface area contributed by atoms with Crippen molar-refractivity contribution in [3.8, 4) is 0 Å². The summed E-state index contributed by atoms with van der Waals surface area (Å²) in [4.78, 5) is 8.56. The highest BCUT2D eigenvalue weighted by atomic mass is 19.2. The van der Waals surface area contributed by atoms with Crippen molar-refractivity contribution in [1.82, 2.24) is 15.2 Å². The molecule has 3 aromatic rings. The Labute approximate surface area is 159 Å². The van der Waals surface area contributed by atoms with Crippen LogP contribution in [0.5, 0.6) is 0 Å². The van der Waals surface area contributed by atoms with Gasteiger partial charge in [-0.25, -0.2) is 13.2 Å². The number of nitrogens with zero attached hydrogens (tertiary/aromatic N) is 5. The van der Waals surface area contributed by atoms with Gasteiger partial charge in [0.15, 0.2) is 17.5 Å². The van der Waals surface area contributed by atoms with Crippen molar-refractivity contribution in [3.05, 3.63) is 66.1 Å². The van der Waals surface area contributed by atoms with Gasteiger partial charge < -0.3 is 15.1 Å². The Hall–Kier alpha value is -3.36. The maximum atomic E-state index is 13.4. The van der Waals surface area contributed by atoms with Crippen LogP contribution < -0.4 is 15.1 Å². The van der Waals surface area contributed by atoms with Gasteiger partial charge in [0.25, 0.3) is 0 Å². The molecule has 2 heterocycles. The van der Waals surface area contributed by atoms with Gasteiger partial charge >= 0.3 is 0 Å². The predicted octanol–water partition coefficient (Wildman–Crippen LogP) is 3.36. The summed E-state index contributed by atoms with van der Waals surface area (Å²) < 4.78 is 39.5. The lowest BCUT2D eigenvalue weighted by molar-refractivity contribution is 0.509. The molecule has 0 unspecified atom stereocenters. The molecule has 0 amide bonds. The summed E-state index contributed by atoms with van der Waals surface area (Å²) in [5, 5.41) is 10.9. The smallest absolute Gasteiger partial charge is 0.247 e. The van der Waals surface area contributed by atoms with E-state index in [9.17, 15) is 13.2 Å². The number of hydrogen-bond donors (Lipinski definition) is 1. The number of halogens is 3. The van der Waals surface area contributed by atoms with Gasteiger partial charge in [-0.05, 0) is 36.4 Å². The average molecular weight is 386 g/mol. The third-order valence-electron chi connectivity index (χ3n) is 4.49. The lowest BCUT2D eigenvalue weighted by Crippen LogP contribution is -2.47. The SMILES string of the molecule is Fc1ccc(N2CCN(c3nncc(Nc4ccc(F)c(F)c4)n3)CC2)cc1. The number of piperazine rings is 1. The van der Waals surface area contributed by atoms with E-state index in [1.165, 1.54) is 24.4 Å². The highest BCUT2D eigenvalue weighted by Gasteiger charge is 2.20. The molecule has 0 bridgehead atoms. The summed E-state index contributed by atoms with van der Waals surface area (Å²) in [5.41, 5.74) is 1.33. The molecule has 9 heteroatoms. The van der Waals surface area contributed by atoms with E-state index in [2.05, 4.69) is 25.4 Å². The van der Waals surface area contributed by atoms with Crippen LogP contribution in [-0.2, 0) is 0 Å². The Bertz CT molecular complexity index is 958. The summed E-state index contributed by atoms with van der Waals surface area (Å²) in [7, 11) is 0. The number of benzene rings is 2. The molecule has 6 nitrogen and oxygen atoms in total. The Morgan fingerprint density at radius 3 is 2.25 bits per heavy atom. The summed E-state index contributed by atoms with van der Waals surface area (Å²) >= 11 is 0. The molecule has 1 N–H and O–H groups in total. The van der Waals surface area contributed by atoms with Crippen LogP contribution in [0.1, 0.15) is 0 Å². The van der Waals surface area contributed by atoms with Gasteiger partial charge in [0.05, 0.1) is 6.20 Å². The van der Waals surface area contributed by atoms with Crippen molar-refractivity contribution >= 4 is 23.1 Å². The highest BCUT2D eigenvalue weighted by Crippen LogP contribution is 2.21.